The van der Waals surface area contributed by atoms with E-state index in [9.17, 15) is 14.4 Å². The molecule has 2 aromatic carbocycles. The third-order valence-electron chi connectivity index (χ3n) is 5.94. The molecule has 1 aliphatic heterocycles. The van der Waals surface area contributed by atoms with E-state index in [1.807, 2.05) is 26.8 Å². The fraction of sp³-hybridized carbons (Fsp3) is 0.192. The summed E-state index contributed by atoms with van der Waals surface area (Å²) in [6, 6.07) is 14.4. The predicted octanol–water partition coefficient (Wildman–Crippen LogP) is 3.89. The third-order valence-corrected chi connectivity index (χ3v) is 5.94. The molecule has 0 atom stereocenters. The number of aryl methyl sites for hydroxylation is 4. The summed E-state index contributed by atoms with van der Waals surface area (Å²) in [6.45, 7) is 7.52. The van der Waals surface area contributed by atoms with Gasteiger partial charge >= 0.3 is 0 Å². The van der Waals surface area contributed by atoms with Gasteiger partial charge in [0.05, 0.1) is 22.3 Å². The molecule has 3 heterocycles. The van der Waals surface area contributed by atoms with Crippen LogP contribution in [0.25, 0.3) is 16.7 Å². The summed E-state index contributed by atoms with van der Waals surface area (Å²) >= 11 is 0. The van der Waals surface area contributed by atoms with E-state index >= 15 is 0 Å². The Morgan fingerprint density at radius 1 is 0.912 bits per heavy atom. The van der Waals surface area contributed by atoms with Crippen molar-refractivity contribution in [3.63, 3.8) is 0 Å². The summed E-state index contributed by atoms with van der Waals surface area (Å²) < 4.78 is 1.57. The molecule has 1 N–H and O–H groups in total. The summed E-state index contributed by atoms with van der Waals surface area (Å²) in [6.07, 6.45) is 0. The molecule has 1 aliphatic rings. The van der Waals surface area contributed by atoms with Gasteiger partial charge in [-0.3, -0.25) is 19.3 Å². The normalized spacial score (nSPS) is 13.0. The summed E-state index contributed by atoms with van der Waals surface area (Å²) in [5.41, 5.74) is 5.44. The minimum atomic E-state index is -0.500. The number of nitrogens with one attached hydrogen (secondary N) is 1. The molecular formula is C26H23N5O3. The van der Waals surface area contributed by atoms with Gasteiger partial charge in [-0.25, -0.2) is 4.98 Å². The van der Waals surface area contributed by atoms with Crippen molar-refractivity contribution in [1.82, 2.24) is 19.7 Å². The average molecular weight is 454 g/mol. The number of rotatable bonds is 4. The lowest BCUT2D eigenvalue weighted by molar-refractivity contribution is -0.116. The van der Waals surface area contributed by atoms with E-state index in [-0.39, 0.29) is 6.54 Å². The number of imide groups is 1. The Bertz CT molecular complexity index is 1480. The van der Waals surface area contributed by atoms with Gasteiger partial charge in [0.15, 0.2) is 5.82 Å². The lowest BCUT2D eigenvalue weighted by atomic mass is 10.0. The van der Waals surface area contributed by atoms with Crippen LogP contribution in [0.5, 0.6) is 0 Å². The maximum Gasteiger partial charge on any atom is 0.262 e. The lowest BCUT2D eigenvalue weighted by Gasteiger charge is -2.15. The number of carbonyl (C=O) groups excluding carboxylic acids is 3. The molecule has 34 heavy (non-hydrogen) atoms. The van der Waals surface area contributed by atoms with Gasteiger partial charge in [0.1, 0.15) is 12.4 Å². The Kier molecular flexibility index (Phi) is 5.01. The highest BCUT2D eigenvalue weighted by Gasteiger charge is 2.36. The molecule has 8 nitrogen and oxygen atoms in total. The molecule has 0 saturated carbocycles. The molecule has 0 aliphatic carbocycles. The number of hydrogen-bond acceptors (Lipinski definition) is 5. The van der Waals surface area contributed by atoms with Crippen molar-refractivity contribution in [2.24, 2.45) is 0 Å². The number of nitrogens with zero attached hydrogens (tertiary/aromatic N) is 4. The number of aromatic nitrogens is 3. The van der Waals surface area contributed by atoms with Gasteiger partial charge in [0.25, 0.3) is 11.8 Å². The third kappa shape index (κ3) is 3.53. The molecule has 0 radical (unpaired) electrons. The first-order valence-electron chi connectivity index (χ1n) is 10.9. The summed E-state index contributed by atoms with van der Waals surface area (Å²) in [4.78, 5) is 43.8. The van der Waals surface area contributed by atoms with E-state index in [2.05, 4.69) is 29.5 Å². The van der Waals surface area contributed by atoms with Crippen molar-refractivity contribution < 1.29 is 14.4 Å². The Balaban J connectivity index is 1.44. The van der Waals surface area contributed by atoms with Crippen LogP contribution in [0.2, 0.25) is 0 Å². The van der Waals surface area contributed by atoms with E-state index in [0.717, 1.165) is 26.9 Å². The number of benzene rings is 2. The average Bonchev–Trinajstić information content (AvgIpc) is 3.27. The molecule has 3 amide bonds. The van der Waals surface area contributed by atoms with Gasteiger partial charge in [-0.15, -0.1) is 0 Å². The number of pyridine rings is 1. The molecule has 0 unspecified atom stereocenters. The van der Waals surface area contributed by atoms with Crippen LogP contribution in [0.4, 0.5) is 5.82 Å². The summed E-state index contributed by atoms with van der Waals surface area (Å²) in [5, 5.41) is 8.38. The maximum absolute atomic E-state index is 12.9. The molecule has 8 heteroatoms. The highest BCUT2D eigenvalue weighted by molar-refractivity contribution is 6.22. The van der Waals surface area contributed by atoms with Crippen molar-refractivity contribution in [1.29, 1.82) is 0 Å². The fourth-order valence-electron chi connectivity index (χ4n) is 4.41. The first-order valence-corrected chi connectivity index (χ1v) is 10.9. The Morgan fingerprint density at radius 3 is 2.26 bits per heavy atom. The Labute approximate surface area is 196 Å². The van der Waals surface area contributed by atoms with Crippen molar-refractivity contribution in [3.05, 3.63) is 82.0 Å². The van der Waals surface area contributed by atoms with Crippen LogP contribution >= 0.6 is 0 Å². The molecule has 0 fully saturated rings. The van der Waals surface area contributed by atoms with E-state index in [4.69, 9.17) is 4.98 Å². The highest BCUT2D eigenvalue weighted by atomic mass is 16.2. The molecule has 2 aromatic heterocycles. The summed E-state index contributed by atoms with van der Waals surface area (Å²) in [5.74, 6) is -0.466. The second kappa shape index (κ2) is 7.91. The molecule has 0 spiro atoms. The molecule has 170 valence electrons. The number of hydrogen-bond donors (Lipinski definition) is 1. The predicted molar refractivity (Wildman–Crippen MR) is 128 cm³/mol. The van der Waals surface area contributed by atoms with Crippen LogP contribution in [0.3, 0.4) is 0 Å². The number of amides is 3. The van der Waals surface area contributed by atoms with E-state index in [0.29, 0.717) is 28.5 Å². The number of anilines is 1. The fourth-order valence-corrected chi connectivity index (χ4v) is 4.41. The zero-order chi connectivity index (χ0) is 24.1. The van der Waals surface area contributed by atoms with Gasteiger partial charge in [0, 0.05) is 11.5 Å². The van der Waals surface area contributed by atoms with E-state index < -0.39 is 17.7 Å². The molecular weight excluding hydrogens is 430 g/mol. The maximum atomic E-state index is 12.9. The highest BCUT2D eigenvalue weighted by Crippen LogP contribution is 2.26. The second-order valence-corrected chi connectivity index (χ2v) is 8.65. The minimum absolute atomic E-state index is 0.308. The zero-order valence-corrected chi connectivity index (χ0v) is 19.3. The quantitative estimate of drug-likeness (QED) is 0.473. The lowest BCUT2D eigenvalue weighted by Crippen LogP contribution is -2.37. The number of carbonyl (C=O) groups is 3. The van der Waals surface area contributed by atoms with Crippen LogP contribution in [0.15, 0.2) is 48.5 Å². The van der Waals surface area contributed by atoms with Crippen molar-refractivity contribution in [2.45, 2.75) is 27.7 Å². The first-order chi connectivity index (χ1) is 16.2. The minimum Gasteiger partial charge on any atom is -0.309 e. The summed E-state index contributed by atoms with van der Waals surface area (Å²) in [7, 11) is 0. The van der Waals surface area contributed by atoms with Gasteiger partial charge < -0.3 is 5.32 Å². The largest absolute Gasteiger partial charge is 0.309 e. The molecule has 4 aromatic rings. The smallest absolute Gasteiger partial charge is 0.262 e. The monoisotopic (exact) mass is 453 g/mol. The Hall–Kier alpha value is -4.33. The van der Waals surface area contributed by atoms with E-state index in [1.165, 1.54) is 5.56 Å². The van der Waals surface area contributed by atoms with Crippen LogP contribution < -0.4 is 5.32 Å². The SMILES string of the molecule is Cc1cc(C)c2nc(-n3nc(C)cc3NC(=O)CN3C(=O)c4ccccc4C3=O)cc(C)c2c1. The van der Waals surface area contributed by atoms with Crippen molar-refractivity contribution >= 4 is 34.4 Å². The van der Waals surface area contributed by atoms with Crippen molar-refractivity contribution in [2.75, 3.05) is 11.9 Å². The van der Waals surface area contributed by atoms with Gasteiger partial charge in [-0.1, -0.05) is 23.8 Å². The molecule has 0 bridgehead atoms. The second-order valence-electron chi connectivity index (χ2n) is 8.65. The van der Waals surface area contributed by atoms with Crippen LogP contribution in [0, 0.1) is 27.7 Å². The topological polar surface area (TPSA) is 97.2 Å². The van der Waals surface area contributed by atoms with Gasteiger partial charge in [-0.2, -0.15) is 9.78 Å². The first kappa shape index (κ1) is 21.5. The van der Waals surface area contributed by atoms with Crippen LogP contribution in [-0.2, 0) is 4.79 Å². The molecule has 0 saturated heterocycles. The Morgan fingerprint density at radius 2 is 1.59 bits per heavy atom. The zero-order valence-electron chi connectivity index (χ0n) is 19.3. The van der Waals surface area contributed by atoms with Crippen LogP contribution in [-0.4, -0.2) is 43.9 Å². The molecule has 5 rings (SSSR count). The van der Waals surface area contributed by atoms with Gasteiger partial charge in [-0.05, 0) is 63.1 Å². The van der Waals surface area contributed by atoms with Gasteiger partial charge in [0.2, 0.25) is 5.91 Å². The van der Waals surface area contributed by atoms with Crippen LogP contribution in [0.1, 0.15) is 43.1 Å². The van der Waals surface area contributed by atoms with Crippen molar-refractivity contribution in [3.8, 4) is 5.82 Å². The number of fused-ring (bicyclic) bond motifs is 2. The van der Waals surface area contributed by atoms with E-state index in [1.54, 1.807) is 35.0 Å². The standard InChI is InChI=1S/C26H23N5O3/c1-14-9-16(3)24-20(10-14)15(2)11-21(28-24)31-22(12-17(4)29-31)27-23(32)13-30-25(33)18-7-5-6-8-19(18)26(30)34/h5-12H,13H2,1-4H3,(H,27,32).